The number of methoxy groups -OCH3 is 4. The maximum atomic E-state index is 6.25. The summed E-state index contributed by atoms with van der Waals surface area (Å²) in [6, 6.07) is 0. The molecule has 0 rings (SSSR count). The molecule has 0 saturated carbocycles. The molecular formula is C22H42O7. The minimum absolute atomic E-state index is 0.498. The number of allylic oxidation sites excluding steroid dienone is 2. The molecule has 7 nitrogen and oxygen atoms in total. The molecule has 0 spiro atoms. The van der Waals surface area contributed by atoms with Crippen LogP contribution in [0.15, 0.2) is 23.0 Å². The predicted octanol–water partition coefficient (Wildman–Crippen LogP) is 5.12. The van der Waals surface area contributed by atoms with Gasteiger partial charge < -0.3 is 33.2 Å². The number of ether oxygens (including phenoxy) is 7. The van der Waals surface area contributed by atoms with E-state index in [9.17, 15) is 0 Å². The van der Waals surface area contributed by atoms with E-state index in [2.05, 4.69) is 13.8 Å². The molecule has 0 aromatic carbocycles. The molecule has 0 heterocycles. The monoisotopic (exact) mass is 418 g/mol. The fourth-order valence-electron chi connectivity index (χ4n) is 2.70. The average Bonchev–Trinajstić information content (AvgIpc) is 2.74. The van der Waals surface area contributed by atoms with Gasteiger partial charge in [0.05, 0.1) is 28.4 Å². The van der Waals surface area contributed by atoms with Crippen molar-refractivity contribution in [2.75, 3.05) is 41.7 Å². The molecule has 0 amide bonds. The van der Waals surface area contributed by atoms with Crippen LogP contribution in [0.5, 0.6) is 0 Å². The summed E-state index contributed by atoms with van der Waals surface area (Å²) in [6.07, 6.45) is 3.29. The highest BCUT2D eigenvalue weighted by molar-refractivity contribution is 5.08. The number of hydrogen-bond donors (Lipinski definition) is 0. The van der Waals surface area contributed by atoms with Crippen LogP contribution in [0.3, 0.4) is 0 Å². The van der Waals surface area contributed by atoms with Gasteiger partial charge in [-0.25, -0.2) is 0 Å². The highest BCUT2D eigenvalue weighted by Crippen LogP contribution is 2.26. The lowest BCUT2D eigenvalue weighted by Gasteiger charge is -2.28. The van der Waals surface area contributed by atoms with E-state index in [0.717, 1.165) is 25.7 Å². The van der Waals surface area contributed by atoms with Gasteiger partial charge in [0.2, 0.25) is 12.6 Å². The summed E-state index contributed by atoms with van der Waals surface area (Å²) in [5.41, 5.74) is 0. The van der Waals surface area contributed by atoms with E-state index >= 15 is 0 Å². The third kappa shape index (κ3) is 9.74. The van der Waals surface area contributed by atoms with E-state index in [-0.39, 0.29) is 0 Å². The van der Waals surface area contributed by atoms with Crippen LogP contribution >= 0.6 is 0 Å². The first-order valence-electron chi connectivity index (χ1n) is 10.6. The van der Waals surface area contributed by atoms with Gasteiger partial charge in [0.25, 0.3) is 0 Å². The summed E-state index contributed by atoms with van der Waals surface area (Å²) in [7, 11) is 6.41. The van der Waals surface area contributed by atoms with Crippen molar-refractivity contribution in [1.29, 1.82) is 0 Å². The highest BCUT2D eigenvalue weighted by Gasteiger charge is 2.30. The highest BCUT2D eigenvalue weighted by atomic mass is 16.8. The second kappa shape index (κ2) is 17.4. The van der Waals surface area contributed by atoms with E-state index < -0.39 is 12.6 Å². The van der Waals surface area contributed by atoms with Crippen LogP contribution < -0.4 is 0 Å². The average molecular weight is 419 g/mol. The Morgan fingerprint density at radius 1 is 0.552 bits per heavy atom. The summed E-state index contributed by atoms with van der Waals surface area (Å²) in [6.45, 7) is 9.21. The second-order valence-electron chi connectivity index (χ2n) is 6.43. The lowest BCUT2D eigenvalue weighted by molar-refractivity contribution is -0.239. The Kier molecular flexibility index (Phi) is 16.6. The van der Waals surface area contributed by atoms with Gasteiger partial charge in [-0.05, 0) is 25.7 Å². The van der Waals surface area contributed by atoms with Gasteiger partial charge in [-0.1, -0.05) is 27.7 Å². The van der Waals surface area contributed by atoms with Crippen LogP contribution in [0.1, 0.15) is 66.2 Å². The number of rotatable bonds is 18. The molecule has 0 aliphatic rings. The maximum Gasteiger partial charge on any atom is 0.223 e. The lowest BCUT2D eigenvalue weighted by atomic mass is 10.2. The molecule has 0 N–H and O–H groups in total. The summed E-state index contributed by atoms with van der Waals surface area (Å²) < 4.78 is 40.5. The first-order chi connectivity index (χ1) is 14.1. The summed E-state index contributed by atoms with van der Waals surface area (Å²) in [5.74, 6) is 2.37. The van der Waals surface area contributed by atoms with Crippen molar-refractivity contribution in [2.45, 2.75) is 78.8 Å². The molecule has 172 valence electrons. The summed E-state index contributed by atoms with van der Waals surface area (Å²) >= 11 is 0. The van der Waals surface area contributed by atoms with Crippen molar-refractivity contribution >= 4 is 0 Å². The molecule has 0 fully saturated rings. The zero-order valence-electron chi connectivity index (χ0n) is 19.7. The Balaban J connectivity index is 6.04. The summed E-state index contributed by atoms with van der Waals surface area (Å²) in [4.78, 5) is 0. The van der Waals surface area contributed by atoms with Gasteiger partial charge in [0.1, 0.15) is 11.5 Å². The largest absolute Gasteiger partial charge is 0.497 e. The fraction of sp³-hybridized carbons (Fsp3) is 0.818. The second-order valence-corrected chi connectivity index (χ2v) is 6.43. The van der Waals surface area contributed by atoms with Crippen LogP contribution in [0, 0.1) is 0 Å². The zero-order chi connectivity index (χ0) is 22.1. The molecular weight excluding hydrogens is 376 g/mol. The molecule has 2 unspecified atom stereocenters. The van der Waals surface area contributed by atoms with Gasteiger partial charge >= 0.3 is 0 Å². The minimum Gasteiger partial charge on any atom is -0.497 e. The Morgan fingerprint density at radius 2 is 0.931 bits per heavy atom. The topological polar surface area (TPSA) is 64.6 Å². The van der Waals surface area contributed by atoms with Crippen molar-refractivity contribution in [3.63, 3.8) is 0 Å². The van der Waals surface area contributed by atoms with E-state index in [1.807, 2.05) is 13.8 Å². The zero-order valence-corrected chi connectivity index (χ0v) is 19.7. The quantitative estimate of drug-likeness (QED) is 0.226. The molecule has 0 aliphatic heterocycles. The molecule has 0 aliphatic carbocycles. The lowest BCUT2D eigenvalue weighted by Crippen LogP contribution is -2.33. The van der Waals surface area contributed by atoms with Crippen molar-refractivity contribution in [3.05, 3.63) is 23.0 Å². The van der Waals surface area contributed by atoms with Crippen molar-refractivity contribution in [3.8, 4) is 0 Å². The maximum absolute atomic E-state index is 6.25. The van der Waals surface area contributed by atoms with E-state index in [0.29, 0.717) is 49.1 Å². The molecule has 2 atom stereocenters. The minimum atomic E-state index is -0.798. The Hall–Kier alpha value is -1.44. The first-order valence-corrected chi connectivity index (χ1v) is 10.6. The molecule has 7 heteroatoms. The molecule has 0 aromatic heterocycles. The third-order valence-corrected chi connectivity index (χ3v) is 4.06. The molecule has 0 radical (unpaired) electrons. The number of hydrogen-bond acceptors (Lipinski definition) is 7. The first kappa shape index (κ1) is 27.6. The van der Waals surface area contributed by atoms with Gasteiger partial charge in [0.15, 0.2) is 11.5 Å². The van der Waals surface area contributed by atoms with Gasteiger partial charge in [-0.3, -0.25) is 0 Å². The van der Waals surface area contributed by atoms with E-state index in [1.54, 1.807) is 28.4 Å². The molecule has 29 heavy (non-hydrogen) atoms. The smallest absolute Gasteiger partial charge is 0.223 e. The standard InChI is InChI=1S/C22H42O7/c1-9-13-17(23-5)19(25-7)21(27-15-11-3)29-22(28-16-12-4)20(26-8)18(24-6)14-10-2/h21-22H,9-16H2,1-8H3. The Labute approximate surface area is 177 Å². The van der Waals surface area contributed by atoms with Crippen molar-refractivity contribution < 1.29 is 33.2 Å². The van der Waals surface area contributed by atoms with E-state index in [4.69, 9.17) is 33.2 Å². The normalized spacial score (nSPS) is 15.2. The van der Waals surface area contributed by atoms with Gasteiger partial charge in [-0.15, -0.1) is 0 Å². The molecule has 0 bridgehead atoms. The van der Waals surface area contributed by atoms with Crippen LogP contribution in [-0.4, -0.2) is 54.2 Å². The third-order valence-electron chi connectivity index (χ3n) is 4.06. The SMILES string of the molecule is CCCOC(OC(OCCC)C(OC)=C(CCC)OC)C(OC)=C(CCC)OC. The summed E-state index contributed by atoms with van der Waals surface area (Å²) in [5, 5.41) is 0. The predicted molar refractivity (Wildman–Crippen MR) is 113 cm³/mol. The van der Waals surface area contributed by atoms with E-state index in [1.165, 1.54) is 0 Å². The Morgan fingerprint density at radius 3 is 1.17 bits per heavy atom. The van der Waals surface area contributed by atoms with Gasteiger partial charge in [-0.2, -0.15) is 0 Å². The molecule has 0 saturated heterocycles. The van der Waals surface area contributed by atoms with Gasteiger partial charge in [0, 0.05) is 26.1 Å². The van der Waals surface area contributed by atoms with Crippen LogP contribution in [0.25, 0.3) is 0 Å². The van der Waals surface area contributed by atoms with Crippen LogP contribution in [0.2, 0.25) is 0 Å². The van der Waals surface area contributed by atoms with Crippen LogP contribution in [-0.2, 0) is 33.2 Å². The fourth-order valence-corrected chi connectivity index (χ4v) is 2.70. The van der Waals surface area contributed by atoms with Crippen LogP contribution in [0.4, 0.5) is 0 Å². The van der Waals surface area contributed by atoms with Crippen molar-refractivity contribution in [2.24, 2.45) is 0 Å². The Bertz CT molecular complexity index is 432. The van der Waals surface area contributed by atoms with Crippen molar-refractivity contribution in [1.82, 2.24) is 0 Å². The molecule has 0 aromatic rings.